The number of para-hydroxylation sites is 2. The quantitative estimate of drug-likeness (QED) is 0.550. The van der Waals surface area contributed by atoms with Crippen molar-refractivity contribution in [1.82, 2.24) is 0 Å². The minimum Gasteiger partial charge on any atom is -0.382 e. The van der Waals surface area contributed by atoms with E-state index >= 15 is 0 Å². The molecule has 0 atom stereocenters. The average molecular weight is 362 g/mol. The first kappa shape index (κ1) is 21.1. The molecule has 0 spiro atoms. The monoisotopic (exact) mass is 362 g/mol. The number of ether oxygens (including phenoxy) is 3. The summed E-state index contributed by atoms with van der Waals surface area (Å²) in [5.74, 6) is 0. The van der Waals surface area contributed by atoms with Gasteiger partial charge in [0.25, 0.3) is 0 Å². The molecule has 0 aliphatic heterocycles. The molecule has 136 valence electrons. The second kappa shape index (κ2) is 14.4. The van der Waals surface area contributed by atoms with Crippen molar-refractivity contribution in [2.24, 2.45) is 0 Å². The molecule has 6 heteroatoms. The van der Waals surface area contributed by atoms with Crippen LogP contribution in [0.1, 0.15) is 0 Å². The molecule has 0 saturated heterocycles. The molecule has 0 amide bonds. The van der Waals surface area contributed by atoms with E-state index in [1.165, 1.54) is 0 Å². The highest BCUT2D eigenvalue weighted by atomic mass is 32.1. The Morgan fingerprint density at radius 3 is 1.48 bits per heavy atom. The fourth-order valence-corrected chi connectivity index (χ4v) is 1.96. The summed E-state index contributed by atoms with van der Waals surface area (Å²) in [6, 6.07) is 19.7. The van der Waals surface area contributed by atoms with Gasteiger partial charge >= 0.3 is 0 Å². The third-order valence-electron chi connectivity index (χ3n) is 2.93. The van der Waals surface area contributed by atoms with Crippen molar-refractivity contribution in [1.29, 1.82) is 0 Å². The summed E-state index contributed by atoms with van der Waals surface area (Å²) in [5, 5.41) is 6.82. The van der Waals surface area contributed by atoms with Crippen molar-refractivity contribution in [2.45, 2.75) is 0 Å². The van der Waals surface area contributed by atoms with Crippen LogP contribution < -0.4 is 10.6 Å². The largest absolute Gasteiger partial charge is 0.382 e. The molecule has 0 saturated carbocycles. The number of benzene rings is 2. The Balaban J connectivity index is 0.000000299. The van der Waals surface area contributed by atoms with E-state index in [0.29, 0.717) is 31.5 Å². The molecule has 5 nitrogen and oxygen atoms in total. The molecule has 0 aromatic heterocycles. The van der Waals surface area contributed by atoms with Crippen LogP contribution >= 0.6 is 12.2 Å². The maximum absolute atomic E-state index is 5.20. The van der Waals surface area contributed by atoms with E-state index in [2.05, 4.69) is 10.6 Å². The normalized spacial score (nSPS) is 9.68. The Bertz CT molecular complexity index is 518. The fourth-order valence-electron chi connectivity index (χ4n) is 1.72. The van der Waals surface area contributed by atoms with Crippen LogP contribution in [-0.4, -0.2) is 45.8 Å². The van der Waals surface area contributed by atoms with Gasteiger partial charge in [-0.2, -0.15) is 0 Å². The average Bonchev–Trinajstić information content (AvgIpc) is 2.64. The van der Waals surface area contributed by atoms with Crippen LogP contribution in [0.3, 0.4) is 0 Å². The topological polar surface area (TPSA) is 51.8 Å². The van der Waals surface area contributed by atoms with Gasteiger partial charge in [-0.1, -0.05) is 36.4 Å². The van der Waals surface area contributed by atoms with Gasteiger partial charge in [0, 0.05) is 25.6 Å². The summed E-state index contributed by atoms with van der Waals surface area (Å²) in [5.41, 5.74) is 1.96. The number of nitrogens with one attached hydrogen (secondary N) is 2. The van der Waals surface area contributed by atoms with Crippen molar-refractivity contribution >= 4 is 28.7 Å². The van der Waals surface area contributed by atoms with Crippen molar-refractivity contribution in [3.05, 3.63) is 60.7 Å². The first-order valence-electron chi connectivity index (χ1n) is 8.00. The predicted molar refractivity (Wildman–Crippen MR) is 107 cm³/mol. The summed E-state index contributed by atoms with van der Waals surface area (Å²) in [7, 11) is 3.30. The molecular weight excluding hydrogens is 336 g/mol. The van der Waals surface area contributed by atoms with Gasteiger partial charge in [-0.3, -0.25) is 0 Å². The molecule has 0 aliphatic rings. The molecular formula is C19H26N2O3S. The summed E-state index contributed by atoms with van der Waals surface area (Å²) in [6.07, 6.45) is 0. The Morgan fingerprint density at radius 1 is 0.720 bits per heavy atom. The van der Waals surface area contributed by atoms with Crippen molar-refractivity contribution < 1.29 is 14.2 Å². The van der Waals surface area contributed by atoms with Crippen LogP contribution in [0.4, 0.5) is 11.4 Å². The summed E-state index contributed by atoms with van der Waals surface area (Å²) >= 11 is 5.20. The third kappa shape index (κ3) is 11.2. The molecule has 0 bridgehead atoms. The van der Waals surface area contributed by atoms with Crippen LogP contribution in [0.15, 0.2) is 60.7 Å². The first-order valence-corrected chi connectivity index (χ1v) is 8.40. The molecule has 2 N–H and O–H groups in total. The lowest BCUT2D eigenvalue weighted by atomic mass is 10.3. The number of rotatable bonds is 8. The van der Waals surface area contributed by atoms with Crippen LogP contribution in [0, 0.1) is 0 Å². The Labute approximate surface area is 155 Å². The van der Waals surface area contributed by atoms with E-state index in [9.17, 15) is 0 Å². The second-order valence-electron chi connectivity index (χ2n) is 4.91. The SMILES string of the molecule is COCCOCCOC.S=C(Nc1ccccc1)Nc1ccccc1. The zero-order valence-corrected chi connectivity index (χ0v) is 15.6. The van der Waals surface area contributed by atoms with E-state index < -0.39 is 0 Å². The molecule has 0 fully saturated rings. The fraction of sp³-hybridized carbons (Fsp3) is 0.316. The predicted octanol–water partition coefficient (Wildman–Crippen LogP) is 3.79. The highest BCUT2D eigenvalue weighted by Crippen LogP contribution is 2.08. The van der Waals surface area contributed by atoms with Gasteiger partial charge in [-0.25, -0.2) is 0 Å². The lowest BCUT2D eigenvalue weighted by molar-refractivity contribution is 0.0385. The highest BCUT2D eigenvalue weighted by molar-refractivity contribution is 7.80. The minimum absolute atomic E-state index is 0.595. The first-order chi connectivity index (χ1) is 12.3. The lowest BCUT2D eigenvalue weighted by Crippen LogP contribution is -2.18. The number of anilines is 2. The number of hydrogen-bond donors (Lipinski definition) is 2. The van der Waals surface area contributed by atoms with Gasteiger partial charge < -0.3 is 24.8 Å². The smallest absolute Gasteiger partial charge is 0.175 e. The molecule has 0 aliphatic carbocycles. The van der Waals surface area contributed by atoms with Crippen LogP contribution in [0.25, 0.3) is 0 Å². The molecule has 2 aromatic carbocycles. The molecule has 2 aromatic rings. The molecule has 0 unspecified atom stereocenters. The van der Waals surface area contributed by atoms with Crippen molar-refractivity contribution in [3.8, 4) is 0 Å². The van der Waals surface area contributed by atoms with E-state index in [0.717, 1.165) is 11.4 Å². The van der Waals surface area contributed by atoms with Gasteiger partial charge in [0.2, 0.25) is 0 Å². The summed E-state index contributed by atoms with van der Waals surface area (Å²) in [6.45, 7) is 2.62. The van der Waals surface area contributed by atoms with Crippen molar-refractivity contribution in [3.63, 3.8) is 0 Å². The number of hydrogen-bond acceptors (Lipinski definition) is 4. The third-order valence-corrected chi connectivity index (χ3v) is 3.13. The second-order valence-corrected chi connectivity index (χ2v) is 5.32. The molecule has 0 radical (unpaired) electrons. The van der Waals surface area contributed by atoms with Gasteiger partial charge in [-0.15, -0.1) is 0 Å². The van der Waals surface area contributed by atoms with Gasteiger partial charge in [0.05, 0.1) is 26.4 Å². The molecule has 0 heterocycles. The van der Waals surface area contributed by atoms with Gasteiger partial charge in [0.1, 0.15) is 0 Å². The zero-order chi connectivity index (χ0) is 18.2. The zero-order valence-electron chi connectivity index (χ0n) is 14.7. The Hall–Kier alpha value is -1.99. The standard InChI is InChI=1S/C13H12N2S.C6H14O3/c16-13(14-11-7-3-1-4-8-11)15-12-9-5-2-6-10-12;1-7-3-5-9-6-4-8-2/h1-10H,(H2,14,15,16);3-6H2,1-2H3. The maximum atomic E-state index is 5.20. The van der Waals surface area contributed by atoms with Crippen LogP contribution in [0.5, 0.6) is 0 Å². The van der Waals surface area contributed by atoms with Crippen LogP contribution in [0.2, 0.25) is 0 Å². The van der Waals surface area contributed by atoms with Gasteiger partial charge in [-0.05, 0) is 36.5 Å². The highest BCUT2D eigenvalue weighted by Gasteiger charge is 1.96. The Kier molecular flexibility index (Phi) is 12.1. The minimum atomic E-state index is 0.595. The molecule has 25 heavy (non-hydrogen) atoms. The lowest BCUT2D eigenvalue weighted by Gasteiger charge is -2.09. The summed E-state index contributed by atoms with van der Waals surface area (Å²) in [4.78, 5) is 0. The van der Waals surface area contributed by atoms with Gasteiger partial charge in [0.15, 0.2) is 5.11 Å². The molecule has 2 rings (SSSR count). The van der Waals surface area contributed by atoms with E-state index in [1.54, 1.807) is 14.2 Å². The summed E-state index contributed by atoms with van der Waals surface area (Å²) < 4.78 is 14.6. The van der Waals surface area contributed by atoms with E-state index in [4.69, 9.17) is 26.4 Å². The number of thiocarbonyl (C=S) groups is 1. The maximum Gasteiger partial charge on any atom is 0.175 e. The van der Waals surface area contributed by atoms with E-state index in [-0.39, 0.29) is 0 Å². The van der Waals surface area contributed by atoms with Crippen LogP contribution in [-0.2, 0) is 14.2 Å². The Morgan fingerprint density at radius 2 is 1.12 bits per heavy atom. The van der Waals surface area contributed by atoms with Crippen molar-refractivity contribution in [2.75, 3.05) is 51.3 Å². The number of methoxy groups -OCH3 is 2. The van der Waals surface area contributed by atoms with E-state index in [1.807, 2.05) is 60.7 Å².